The van der Waals surface area contributed by atoms with Crippen molar-refractivity contribution in [2.24, 2.45) is 0 Å². The molecule has 2 unspecified atom stereocenters. The van der Waals surface area contributed by atoms with Gasteiger partial charge < -0.3 is 5.11 Å². The molecular weight excluding hydrogens is 244 g/mol. The average Bonchev–Trinajstić information content (AvgIpc) is 2.51. The quantitative estimate of drug-likeness (QED) is 0.666. The van der Waals surface area contributed by atoms with Crippen LogP contribution in [0, 0.1) is 10.1 Å². The van der Waals surface area contributed by atoms with E-state index in [0.29, 0.717) is 13.0 Å². The molecule has 3 atom stereocenters. The molecule has 1 aliphatic heterocycles. The number of hydrogen-bond donors (Lipinski definition) is 1. The van der Waals surface area contributed by atoms with Crippen LogP contribution in [0.15, 0.2) is 30.3 Å². The van der Waals surface area contributed by atoms with Gasteiger partial charge in [-0.05, 0) is 18.9 Å². The van der Waals surface area contributed by atoms with Crippen molar-refractivity contribution in [1.29, 1.82) is 0 Å². The van der Waals surface area contributed by atoms with E-state index in [1.165, 1.54) is 5.56 Å². The van der Waals surface area contributed by atoms with Crippen LogP contribution in [0.25, 0.3) is 0 Å². The van der Waals surface area contributed by atoms with E-state index < -0.39 is 12.1 Å². The van der Waals surface area contributed by atoms with E-state index >= 15 is 0 Å². The van der Waals surface area contributed by atoms with Gasteiger partial charge in [0, 0.05) is 30.5 Å². The predicted molar refractivity (Wildman–Crippen MR) is 72.3 cm³/mol. The van der Waals surface area contributed by atoms with Crippen molar-refractivity contribution >= 4 is 0 Å². The van der Waals surface area contributed by atoms with Gasteiger partial charge in [0.25, 0.3) is 0 Å². The molecule has 1 saturated heterocycles. The van der Waals surface area contributed by atoms with Gasteiger partial charge in [-0.2, -0.15) is 0 Å². The lowest BCUT2D eigenvalue weighted by molar-refractivity contribution is -0.534. The molecule has 5 heteroatoms. The van der Waals surface area contributed by atoms with Gasteiger partial charge in [-0.25, -0.2) is 0 Å². The lowest BCUT2D eigenvalue weighted by Crippen LogP contribution is -2.41. The Labute approximate surface area is 113 Å². The largest absolute Gasteiger partial charge is 0.385 e. The van der Waals surface area contributed by atoms with Crippen LogP contribution in [-0.2, 0) is 6.54 Å². The zero-order chi connectivity index (χ0) is 13.8. The maximum atomic E-state index is 10.9. The molecule has 0 saturated carbocycles. The van der Waals surface area contributed by atoms with Gasteiger partial charge in [0.2, 0.25) is 6.04 Å². The lowest BCUT2D eigenvalue weighted by atomic mass is 10.1. The van der Waals surface area contributed by atoms with E-state index in [2.05, 4.69) is 11.8 Å². The van der Waals surface area contributed by atoms with Gasteiger partial charge >= 0.3 is 0 Å². The van der Waals surface area contributed by atoms with Crippen molar-refractivity contribution in [3.8, 4) is 0 Å². The van der Waals surface area contributed by atoms with Crippen LogP contribution in [0.2, 0.25) is 0 Å². The minimum atomic E-state index is -0.885. The summed E-state index contributed by atoms with van der Waals surface area (Å²) in [7, 11) is 0. The van der Waals surface area contributed by atoms with Gasteiger partial charge in [-0.3, -0.25) is 15.0 Å². The van der Waals surface area contributed by atoms with Crippen molar-refractivity contribution in [3.63, 3.8) is 0 Å². The van der Waals surface area contributed by atoms with E-state index in [9.17, 15) is 15.2 Å². The number of benzene rings is 1. The molecule has 1 aliphatic rings. The zero-order valence-electron chi connectivity index (χ0n) is 11.1. The highest BCUT2D eigenvalue weighted by molar-refractivity contribution is 5.14. The molecule has 0 aromatic heterocycles. The molecule has 0 radical (unpaired) electrons. The molecule has 5 nitrogen and oxygen atoms in total. The highest BCUT2D eigenvalue weighted by Crippen LogP contribution is 2.21. The SMILES string of the molecule is C[C@@H]1CCC([N+](=O)[O-])C(O)CN1Cc1ccccc1. The molecule has 1 heterocycles. The number of nitrogens with zero attached hydrogens (tertiary/aromatic N) is 2. The topological polar surface area (TPSA) is 66.6 Å². The maximum Gasteiger partial charge on any atom is 0.239 e. The second kappa shape index (κ2) is 6.12. The summed E-state index contributed by atoms with van der Waals surface area (Å²) in [5.41, 5.74) is 1.17. The number of likely N-dealkylation sites (tertiary alicyclic amines) is 1. The summed E-state index contributed by atoms with van der Waals surface area (Å²) in [6.07, 6.45) is 0.305. The van der Waals surface area contributed by atoms with Gasteiger partial charge in [-0.1, -0.05) is 30.3 Å². The van der Waals surface area contributed by atoms with Crippen molar-refractivity contribution < 1.29 is 10.0 Å². The Kier molecular flexibility index (Phi) is 4.50. The minimum absolute atomic E-state index is 0.250. The Morgan fingerprint density at radius 2 is 2.05 bits per heavy atom. The van der Waals surface area contributed by atoms with Gasteiger partial charge in [-0.15, -0.1) is 0 Å². The number of β-amino-alcohol motifs (C(OH)–C–C–N with tert-alkyl or cyclic N) is 1. The van der Waals surface area contributed by atoms with E-state index in [0.717, 1.165) is 13.0 Å². The monoisotopic (exact) mass is 264 g/mol. The average molecular weight is 264 g/mol. The van der Waals surface area contributed by atoms with E-state index in [1.807, 2.05) is 30.3 Å². The van der Waals surface area contributed by atoms with Crippen molar-refractivity contribution in [2.45, 2.75) is 44.5 Å². The number of nitro groups is 1. The fourth-order valence-corrected chi connectivity index (χ4v) is 2.61. The number of aliphatic hydroxyl groups excluding tert-OH is 1. The highest BCUT2D eigenvalue weighted by Gasteiger charge is 2.36. The Morgan fingerprint density at radius 3 is 2.68 bits per heavy atom. The van der Waals surface area contributed by atoms with Crippen LogP contribution in [0.1, 0.15) is 25.3 Å². The van der Waals surface area contributed by atoms with Crippen molar-refractivity contribution in [1.82, 2.24) is 4.90 Å². The Hall–Kier alpha value is -1.46. The molecule has 0 bridgehead atoms. The molecule has 19 heavy (non-hydrogen) atoms. The molecule has 104 valence electrons. The second-order valence-electron chi connectivity index (χ2n) is 5.26. The third kappa shape index (κ3) is 3.52. The second-order valence-corrected chi connectivity index (χ2v) is 5.26. The summed E-state index contributed by atoms with van der Waals surface area (Å²) in [5, 5.41) is 20.9. The summed E-state index contributed by atoms with van der Waals surface area (Å²) < 4.78 is 0. The minimum Gasteiger partial charge on any atom is -0.385 e. The summed E-state index contributed by atoms with van der Waals surface area (Å²) in [6.45, 7) is 3.16. The Bertz CT molecular complexity index is 424. The van der Waals surface area contributed by atoms with E-state index in [4.69, 9.17) is 0 Å². The molecule has 0 aliphatic carbocycles. The summed E-state index contributed by atoms with van der Waals surface area (Å²) >= 11 is 0. The summed E-state index contributed by atoms with van der Waals surface area (Å²) in [5.74, 6) is 0. The number of aliphatic hydroxyl groups is 1. The molecule has 1 aromatic carbocycles. The highest BCUT2D eigenvalue weighted by atomic mass is 16.6. The molecule has 1 fully saturated rings. The molecule has 1 N–H and O–H groups in total. The standard InChI is InChI=1S/C14H20N2O3/c1-11-7-8-13(16(18)19)14(17)10-15(11)9-12-5-3-2-4-6-12/h2-6,11,13-14,17H,7-10H2,1H3/t11-,13?,14?/m1/s1. The molecule has 0 amide bonds. The van der Waals surface area contributed by atoms with E-state index in [-0.39, 0.29) is 11.0 Å². The predicted octanol–water partition coefficient (Wildman–Crippen LogP) is 1.68. The smallest absolute Gasteiger partial charge is 0.239 e. The maximum absolute atomic E-state index is 10.9. The van der Waals surface area contributed by atoms with Crippen LogP contribution in [0.4, 0.5) is 0 Å². The van der Waals surface area contributed by atoms with Crippen LogP contribution < -0.4 is 0 Å². The van der Waals surface area contributed by atoms with Crippen LogP contribution in [-0.4, -0.2) is 39.7 Å². The molecule has 2 rings (SSSR count). The lowest BCUT2D eigenvalue weighted by Gasteiger charge is -2.27. The first kappa shape index (κ1) is 14.0. The van der Waals surface area contributed by atoms with Crippen LogP contribution in [0.5, 0.6) is 0 Å². The van der Waals surface area contributed by atoms with Crippen molar-refractivity contribution in [2.75, 3.05) is 6.54 Å². The first-order chi connectivity index (χ1) is 9.08. The number of hydrogen-bond acceptors (Lipinski definition) is 4. The first-order valence-electron chi connectivity index (χ1n) is 6.67. The molecule has 0 spiro atoms. The summed E-state index contributed by atoms with van der Waals surface area (Å²) in [6, 6.07) is 9.42. The molecule has 1 aromatic rings. The van der Waals surface area contributed by atoms with Gasteiger partial charge in [0.15, 0.2) is 0 Å². The van der Waals surface area contributed by atoms with Crippen molar-refractivity contribution in [3.05, 3.63) is 46.0 Å². The summed E-state index contributed by atoms with van der Waals surface area (Å²) in [4.78, 5) is 12.7. The Balaban J connectivity index is 2.06. The third-order valence-corrected chi connectivity index (χ3v) is 3.87. The molecular formula is C14H20N2O3. The number of rotatable bonds is 3. The van der Waals surface area contributed by atoms with Gasteiger partial charge in [0.05, 0.1) is 0 Å². The fraction of sp³-hybridized carbons (Fsp3) is 0.571. The zero-order valence-corrected chi connectivity index (χ0v) is 11.1. The fourth-order valence-electron chi connectivity index (χ4n) is 2.61. The van der Waals surface area contributed by atoms with Crippen LogP contribution >= 0.6 is 0 Å². The third-order valence-electron chi connectivity index (χ3n) is 3.87. The van der Waals surface area contributed by atoms with Crippen LogP contribution in [0.3, 0.4) is 0 Å². The van der Waals surface area contributed by atoms with Gasteiger partial charge in [0.1, 0.15) is 6.10 Å². The normalized spacial score (nSPS) is 28.8. The van der Waals surface area contributed by atoms with E-state index in [1.54, 1.807) is 0 Å². The Morgan fingerprint density at radius 1 is 1.37 bits per heavy atom. The first-order valence-corrected chi connectivity index (χ1v) is 6.67.